The fraction of sp³-hybridized carbons (Fsp3) is 0.0909. The third kappa shape index (κ3) is 3.75. The van der Waals surface area contributed by atoms with Crippen molar-refractivity contribution in [1.82, 2.24) is 20.4 Å². The van der Waals surface area contributed by atoms with Gasteiger partial charge in [-0.05, 0) is 26.0 Å². The Hall–Kier alpha value is -3.71. The maximum absolute atomic E-state index is 12.7. The molecule has 2 aromatic carbocycles. The first-order valence-corrected chi connectivity index (χ1v) is 9.59. The summed E-state index contributed by atoms with van der Waals surface area (Å²) in [5.74, 6) is -0.0132. The van der Waals surface area contributed by atoms with Crippen molar-refractivity contribution in [3.05, 3.63) is 88.4 Å². The second-order valence-corrected chi connectivity index (χ2v) is 6.92. The van der Waals surface area contributed by atoms with E-state index in [2.05, 4.69) is 20.8 Å². The number of benzene rings is 2. The van der Waals surface area contributed by atoms with Crippen LogP contribution >= 0.6 is 11.6 Å². The van der Waals surface area contributed by atoms with Crippen molar-refractivity contribution in [2.24, 2.45) is 5.10 Å². The molecule has 0 saturated carbocycles. The highest BCUT2D eigenvalue weighted by Crippen LogP contribution is 2.25. The summed E-state index contributed by atoms with van der Waals surface area (Å²) in [6.45, 7) is 3.51. The molecule has 150 valence electrons. The summed E-state index contributed by atoms with van der Waals surface area (Å²) in [6.07, 6.45) is 1.48. The van der Waals surface area contributed by atoms with Crippen LogP contribution in [0.2, 0.25) is 5.15 Å². The normalized spacial score (nSPS) is 11.2. The molecule has 1 amide bonds. The molecule has 4 aromatic rings. The molecular formula is C22H18ClN5O2. The van der Waals surface area contributed by atoms with Gasteiger partial charge in [0.15, 0.2) is 0 Å². The molecule has 2 aromatic heterocycles. The van der Waals surface area contributed by atoms with Crippen LogP contribution in [0.3, 0.4) is 0 Å². The number of para-hydroxylation sites is 1. The lowest BCUT2D eigenvalue weighted by Crippen LogP contribution is -2.19. The van der Waals surface area contributed by atoms with Gasteiger partial charge in [-0.15, -0.1) is 0 Å². The van der Waals surface area contributed by atoms with Crippen LogP contribution in [-0.4, -0.2) is 27.1 Å². The Morgan fingerprint density at radius 3 is 2.47 bits per heavy atom. The fourth-order valence-corrected chi connectivity index (χ4v) is 3.36. The standard InChI is InChI=1S/C22H18ClN5O2/c1-14-18(21(23)28(26-14)17-11-7-4-8-12-17)13-24-25-22(29)19-15(2)30-27-20(19)16-9-5-3-6-10-16/h3-13H,1-2H3,(H,25,29). The van der Waals surface area contributed by atoms with Crippen LogP contribution in [0.15, 0.2) is 70.3 Å². The molecule has 0 spiro atoms. The molecular weight excluding hydrogens is 402 g/mol. The van der Waals surface area contributed by atoms with E-state index in [0.717, 1.165) is 11.3 Å². The van der Waals surface area contributed by atoms with Crippen molar-refractivity contribution in [3.8, 4) is 16.9 Å². The van der Waals surface area contributed by atoms with E-state index in [1.807, 2.05) is 67.6 Å². The molecule has 0 unspecified atom stereocenters. The Morgan fingerprint density at radius 1 is 1.10 bits per heavy atom. The lowest BCUT2D eigenvalue weighted by Gasteiger charge is -2.02. The summed E-state index contributed by atoms with van der Waals surface area (Å²) < 4.78 is 6.85. The molecule has 0 radical (unpaired) electrons. The largest absolute Gasteiger partial charge is 0.360 e. The highest BCUT2D eigenvalue weighted by atomic mass is 35.5. The van der Waals surface area contributed by atoms with Gasteiger partial charge in [0.05, 0.1) is 23.2 Å². The van der Waals surface area contributed by atoms with Gasteiger partial charge in [0.2, 0.25) is 0 Å². The SMILES string of the molecule is Cc1nn(-c2ccccc2)c(Cl)c1C=NNC(=O)c1c(-c2ccccc2)noc1C. The molecule has 0 aliphatic rings. The average molecular weight is 420 g/mol. The molecule has 7 nitrogen and oxygen atoms in total. The van der Waals surface area contributed by atoms with E-state index in [1.54, 1.807) is 11.6 Å². The van der Waals surface area contributed by atoms with Gasteiger partial charge >= 0.3 is 0 Å². The number of aryl methyl sites for hydroxylation is 2. The van der Waals surface area contributed by atoms with Gasteiger partial charge in [0.1, 0.15) is 22.2 Å². The summed E-state index contributed by atoms with van der Waals surface area (Å²) in [6, 6.07) is 18.9. The van der Waals surface area contributed by atoms with Crippen LogP contribution < -0.4 is 5.43 Å². The number of rotatable bonds is 5. The number of amides is 1. The highest BCUT2D eigenvalue weighted by Gasteiger charge is 2.21. The lowest BCUT2D eigenvalue weighted by molar-refractivity contribution is 0.0954. The number of hydrogen-bond acceptors (Lipinski definition) is 5. The zero-order valence-electron chi connectivity index (χ0n) is 16.3. The first-order chi connectivity index (χ1) is 14.6. The topological polar surface area (TPSA) is 85.3 Å². The minimum Gasteiger partial charge on any atom is -0.360 e. The molecule has 0 saturated heterocycles. The first-order valence-electron chi connectivity index (χ1n) is 9.22. The van der Waals surface area contributed by atoms with Crippen molar-refractivity contribution in [3.63, 3.8) is 0 Å². The third-order valence-electron chi connectivity index (χ3n) is 4.55. The van der Waals surface area contributed by atoms with Crippen LogP contribution in [0, 0.1) is 13.8 Å². The summed E-state index contributed by atoms with van der Waals surface area (Å²) in [5, 5.41) is 12.9. The maximum atomic E-state index is 12.7. The van der Waals surface area contributed by atoms with Gasteiger partial charge in [-0.25, -0.2) is 10.1 Å². The van der Waals surface area contributed by atoms with Crippen molar-refractivity contribution >= 4 is 23.7 Å². The number of carbonyl (C=O) groups is 1. The van der Waals surface area contributed by atoms with Gasteiger partial charge < -0.3 is 4.52 Å². The fourth-order valence-electron chi connectivity index (χ4n) is 3.04. The minimum absolute atomic E-state index is 0.334. The Morgan fingerprint density at radius 2 is 1.77 bits per heavy atom. The third-order valence-corrected chi connectivity index (χ3v) is 4.91. The number of nitrogens with one attached hydrogen (secondary N) is 1. The van der Waals surface area contributed by atoms with E-state index in [-0.39, 0.29) is 0 Å². The minimum atomic E-state index is -0.423. The van der Waals surface area contributed by atoms with Crippen LogP contribution in [0.1, 0.15) is 27.4 Å². The van der Waals surface area contributed by atoms with Crippen LogP contribution in [-0.2, 0) is 0 Å². The van der Waals surface area contributed by atoms with E-state index < -0.39 is 5.91 Å². The summed E-state index contributed by atoms with van der Waals surface area (Å²) in [4.78, 5) is 12.7. The smallest absolute Gasteiger partial charge is 0.277 e. The lowest BCUT2D eigenvalue weighted by atomic mass is 10.1. The number of carbonyl (C=O) groups excluding carboxylic acids is 1. The van der Waals surface area contributed by atoms with Crippen LogP contribution in [0.5, 0.6) is 0 Å². The maximum Gasteiger partial charge on any atom is 0.277 e. The highest BCUT2D eigenvalue weighted by molar-refractivity contribution is 6.32. The quantitative estimate of drug-likeness (QED) is 0.379. The first kappa shape index (κ1) is 19.6. The van der Waals surface area contributed by atoms with Gasteiger partial charge in [0, 0.05) is 5.56 Å². The zero-order valence-corrected chi connectivity index (χ0v) is 17.1. The molecule has 0 atom stereocenters. The average Bonchev–Trinajstić information content (AvgIpc) is 3.29. The van der Waals surface area contributed by atoms with Crippen molar-refractivity contribution in [2.75, 3.05) is 0 Å². The molecule has 1 N–H and O–H groups in total. The number of hydrazone groups is 1. The predicted octanol–water partition coefficient (Wildman–Crippen LogP) is 4.56. The number of aromatic nitrogens is 3. The summed E-state index contributed by atoms with van der Waals surface area (Å²) in [5.41, 5.74) is 6.25. The van der Waals surface area contributed by atoms with Crippen molar-refractivity contribution < 1.29 is 9.32 Å². The van der Waals surface area contributed by atoms with E-state index in [0.29, 0.717) is 33.4 Å². The summed E-state index contributed by atoms with van der Waals surface area (Å²) >= 11 is 6.48. The zero-order chi connectivity index (χ0) is 21.1. The molecule has 0 aliphatic carbocycles. The van der Waals surface area contributed by atoms with Crippen molar-refractivity contribution in [2.45, 2.75) is 13.8 Å². The van der Waals surface area contributed by atoms with E-state index in [9.17, 15) is 4.79 Å². The Balaban J connectivity index is 1.56. The van der Waals surface area contributed by atoms with Crippen LogP contribution in [0.25, 0.3) is 16.9 Å². The molecule has 30 heavy (non-hydrogen) atoms. The monoisotopic (exact) mass is 419 g/mol. The predicted molar refractivity (Wildman–Crippen MR) is 115 cm³/mol. The van der Waals surface area contributed by atoms with Crippen LogP contribution in [0.4, 0.5) is 0 Å². The molecule has 0 bridgehead atoms. The van der Waals surface area contributed by atoms with E-state index in [1.165, 1.54) is 6.21 Å². The second kappa shape index (κ2) is 8.34. The molecule has 2 heterocycles. The van der Waals surface area contributed by atoms with Crippen molar-refractivity contribution in [1.29, 1.82) is 0 Å². The van der Waals surface area contributed by atoms with Gasteiger partial charge in [-0.2, -0.15) is 10.2 Å². The molecule has 8 heteroatoms. The number of nitrogens with zero attached hydrogens (tertiary/aromatic N) is 4. The van der Waals surface area contributed by atoms with Gasteiger partial charge in [-0.1, -0.05) is 65.3 Å². The van der Waals surface area contributed by atoms with Gasteiger partial charge in [0.25, 0.3) is 5.91 Å². The number of halogens is 1. The van der Waals surface area contributed by atoms with E-state index in [4.69, 9.17) is 16.1 Å². The summed E-state index contributed by atoms with van der Waals surface area (Å²) in [7, 11) is 0. The molecule has 4 rings (SSSR count). The Labute approximate surface area is 178 Å². The molecule has 0 fully saturated rings. The second-order valence-electron chi connectivity index (χ2n) is 6.56. The molecule has 0 aliphatic heterocycles. The van der Waals surface area contributed by atoms with E-state index >= 15 is 0 Å². The Kier molecular flexibility index (Phi) is 5.45. The number of hydrogen-bond donors (Lipinski definition) is 1. The Bertz CT molecular complexity index is 1210. The van der Waals surface area contributed by atoms with Gasteiger partial charge in [-0.3, -0.25) is 4.79 Å².